The molecule has 0 spiro atoms. The molecule has 0 amide bonds. The highest BCUT2D eigenvalue weighted by Gasteiger charge is 2.24. The molecule has 0 saturated heterocycles. The molecule has 2 heteroatoms. The topological polar surface area (TPSA) is 9.23 Å². The maximum Gasteiger partial charge on any atom is 0.184 e. The van der Waals surface area contributed by atoms with Gasteiger partial charge < -0.3 is 4.43 Å². The Morgan fingerprint density at radius 3 is 2.44 bits per heavy atom. The van der Waals surface area contributed by atoms with Gasteiger partial charge in [0.05, 0.1) is 6.61 Å². The van der Waals surface area contributed by atoms with Crippen LogP contribution in [0.5, 0.6) is 0 Å². The molecule has 1 unspecified atom stereocenters. The van der Waals surface area contributed by atoms with E-state index in [0.29, 0.717) is 5.92 Å². The largest absolute Gasteiger partial charge is 0.413 e. The molecule has 0 N–H and O–H groups in total. The summed E-state index contributed by atoms with van der Waals surface area (Å²) in [5, 5.41) is 0. The van der Waals surface area contributed by atoms with E-state index < -0.39 is 8.32 Å². The van der Waals surface area contributed by atoms with Gasteiger partial charge in [0.1, 0.15) is 0 Å². The lowest BCUT2D eigenvalue weighted by Crippen LogP contribution is -2.25. The Balaban J connectivity index is 2.34. The minimum Gasteiger partial charge on any atom is -0.413 e. The Bertz CT molecular complexity index is 495. The molecular weight excluding hydrogens is 236 g/mol. The molecule has 18 heavy (non-hydrogen) atoms. The van der Waals surface area contributed by atoms with Gasteiger partial charge in [0.2, 0.25) is 0 Å². The van der Waals surface area contributed by atoms with Crippen molar-refractivity contribution in [1.82, 2.24) is 0 Å². The smallest absolute Gasteiger partial charge is 0.184 e. The summed E-state index contributed by atoms with van der Waals surface area (Å²) in [5.41, 5.74) is 7.14. The molecule has 0 saturated carbocycles. The third-order valence-electron chi connectivity index (χ3n) is 3.74. The Kier molecular flexibility index (Phi) is 3.52. The summed E-state index contributed by atoms with van der Waals surface area (Å²) in [7, 11) is -1.44. The molecule has 1 aliphatic carbocycles. The van der Waals surface area contributed by atoms with E-state index in [4.69, 9.17) is 4.43 Å². The van der Waals surface area contributed by atoms with Crippen LogP contribution in [0.3, 0.4) is 0 Å². The predicted octanol–water partition coefficient (Wildman–Crippen LogP) is 4.87. The van der Waals surface area contributed by atoms with Crippen LogP contribution in [0.15, 0.2) is 17.7 Å². The van der Waals surface area contributed by atoms with Gasteiger partial charge in [0.15, 0.2) is 8.32 Å². The summed E-state index contributed by atoms with van der Waals surface area (Å²) in [4.78, 5) is 0. The summed E-state index contributed by atoms with van der Waals surface area (Å²) in [6.45, 7) is 14.2. The molecule has 0 fully saturated rings. The van der Waals surface area contributed by atoms with Gasteiger partial charge in [-0.3, -0.25) is 0 Å². The van der Waals surface area contributed by atoms with Gasteiger partial charge in [0.25, 0.3) is 0 Å². The predicted molar refractivity (Wildman–Crippen MR) is 81.4 cm³/mol. The van der Waals surface area contributed by atoms with Gasteiger partial charge in [-0.25, -0.2) is 0 Å². The number of benzene rings is 1. The van der Waals surface area contributed by atoms with Crippen molar-refractivity contribution in [3.8, 4) is 0 Å². The van der Waals surface area contributed by atoms with Crippen LogP contribution in [0.2, 0.25) is 19.6 Å². The van der Waals surface area contributed by atoms with Crippen molar-refractivity contribution in [2.75, 3.05) is 0 Å². The normalized spacial score (nSPS) is 18.8. The molecule has 1 atom stereocenters. The summed E-state index contributed by atoms with van der Waals surface area (Å²) >= 11 is 0. The SMILES string of the molecule is CC1=Cc2c(C)ccc(CO[Si](C)(C)C)c2C1C. The standard InChI is InChI=1S/C16H24OSi/c1-11-7-8-14(10-17-18(4,5)6)16-13(3)12(2)9-15(11)16/h7-9,13H,10H2,1-6H3. The lowest BCUT2D eigenvalue weighted by molar-refractivity contribution is 0.298. The van der Waals surface area contributed by atoms with Crippen molar-refractivity contribution in [1.29, 1.82) is 0 Å². The zero-order chi connectivity index (χ0) is 13.5. The fourth-order valence-electron chi connectivity index (χ4n) is 2.49. The molecule has 0 aliphatic heterocycles. The van der Waals surface area contributed by atoms with E-state index in [1.165, 1.54) is 27.8 Å². The second-order valence-electron chi connectivity index (χ2n) is 6.38. The first kappa shape index (κ1) is 13.6. The van der Waals surface area contributed by atoms with Gasteiger partial charge >= 0.3 is 0 Å². The number of fused-ring (bicyclic) bond motifs is 1. The van der Waals surface area contributed by atoms with Crippen LogP contribution in [0.1, 0.15) is 42.0 Å². The molecule has 1 aromatic rings. The second kappa shape index (κ2) is 4.67. The van der Waals surface area contributed by atoms with Crippen molar-refractivity contribution in [2.45, 2.75) is 52.9 Å². The maximum absolute atomic E-state index is 6.08. The second-order valence-corrected chi connectivity index (χ2v) is 10.9. The number of rotatable bonds is 3. The van der Waals surface area contributed by atoms with Crippen LogP contribution in [0.4, 0.5) is 0 Å². The number of allylic oxidation sites excluding steroid dienone is 1. The monoisotopic (exact) mass is 260 g/mol. The van der Waals surface area contributed by atoms with Crippen molar-refractivity contribution < 1.29 is 4.43 Å². The van der Waals surface area contributed by atoms with E-state index in [1.54, 1.807) is 0 Å². The molecule has 1 aromatic carbocycles. The molecular formula is C16H24OSi. The van der Waals surface area contributed by atoms with E-state index >= 15 is 0 Å². The van der Waals surface area contributed by atoms with Crippen molar-refractivity contribution in [3.05, 3.63) is 40.0 Å². The van der Waals surface area contributed by atoms with Crippen LogP contribution in [0, 0.1) is 6.92 Å². The number of aryl methyl sites for hydroxylation is 1. The fourth-order valence-corrected chi connectivity index (χ4v) is 3.08. The molecule has 1 nitrogen and oxygen atoms in total. The minimum absolute atomic E-state index is 0.542. The molecule has 0 radical (unpaired) electrons. The lowest BCUT2D eigenvalue weighted by atomic mass is 9.92. The average Bonchev–Trinajstić information content (AvgIpc) is 2.55. The molecule has 0 heterocycles. The Morgan fingerprint density at radius 2 is 1.83 bits per heavy atom. The summed E-state index contributed by atoms with van der Waals surface area (Å²) in [6.07, 6.45) is 2.34. The average molecular weight is 260 g/mol. The molecule has 2 rings (SSSR count). The highest BCUT2D eigenvalue weighted by atomic mass is 28.4. The van der Waals surface area contributed by atoms with Gasteiger partial charge in [-0.05, 0) is 55.7 Å². The van der Waals surface area contributed by atoms with E-state index in [1.807, 2.05) is 0 Å². The van der Waals surface area contributed by atoms with Crippen molar-refractivity contribution >= 4 is 14.4 Å². The lowest BCUT2D eigenvalue weighted by Gasteiger charge is -2.21. The summed E-state index contributed by atoms with van der Waals surface area (Å²) < 4.78 is 6.08. The third-order valence-corrected chi connectivity index (χ3v) is 4.75. The van der Waals surface area contributed by atoms with Gasteiger partial charge in [0, 0.05) is 5.92 Å². The highest BCUT2D eigenvalue weighted by molar-refractivity contribution is 6.69. The zero-order valence-corrected chi connectivity index (χ0v) is 13.4. The first-order valence-corrected chi connectivity index (χ1v) is 10.1. The zero-order valence-electron chi connectivity index (χ0n) is 12.4. The third kappa shape index (κ3) is 2.60. The minimum atomic E-state index is -1.44. The van der Waals surface area contributed by atoms with Gasteiger partial charge in [-0.2, -0.15) is 0 Å². The summed E-state index contributed by atoms with van der Waals surface area (Å²) in [6, 6.07) is 4.47. The van der Waals surface area contributed by atoms with Crippen LogP contribution >= 0.6 is 0 Å². The Hall–Kier alpha value is -0.863. The van der Waals surface area contributed by atoms with E-state index in [9.17, 15) is 0 Å². The van der Waals surface area contributed by atoms with Crippen molar-refractivity contribution in [3.63, 3.8) is 0 Å². The van der Waals surface area contributed by atoms with E-state index in [0.717, 1.165) is 6.61 Å². The van der Waals surface area contributed by atoms with Crippen molar-refractivity contribution in [2.24, 2.45) is 0 Å². The first-order valence-electron chi connectivity index (χ1n) is 6.74. The van der Waals surface area contributed by atoms with Crippen LogP contribution in [0.25, 0.3) is 6.08 Å². The quantitative estimate of drug-likeness (QED) is 0.705. The van der Waals surface area contributed by atoms with Gasteiger partial charge in [-0.15, -0.1) is 0 Å². The fraction of sp³-hybridized carbons (Fsp3) is 0.500. The molecule has 0 bridgehead atoms. The first-order chi connectivity index (χ1) is 8.29. The summed E-state index contributed by atoms with van der Waals surface area (Å²) in [5.74, 6) is 0.542. The molecule has 0 aromatic heterocycles. The Morgan fingerprint density at radius 1 is 1.17 bits per heavy atom. The van der Waals surface area contributed by atoms with Crippen LogP contribution < -0.4 is 0 Å². The maximum atomic E-state index is 6.08. The van der Waals surface area contributed by atoms with E-state index in [2.05, 4.69) is 58.6 Å². The number of hydrogen-bond acceptors (Lipinski definition) is 1. The van der Waals surface area contributed by atoms with Gasteiger partial charge in [-0.1, -0.05) is 30.7 Å². The molecule has 1 aliphatic rings. The van der Waals surface area contributed by atoms with Crippen LogP contribution in [-0.2, 0) is 11.0 Å². The number of hydrogen-bond donors (Lipinski definition) is 0. The highest BCUT2D eigenvalue weighted by Crippen LogP contribution is 2.39. The molecule has 98 valence electrons. The Labute approximate surface area is 112 Å². The van der Waals surface area contributed by atoms with Crippen LogP contribution in [-0.4, -0.2) is 8.32 Å². The van der Waals surface area contributed by atoms with E-state index in [-0.39, 0.29) is 0 Å².